The molecule has 0 saturated heterocycles. The predicted molar refractivity (Wildman–Crippen MR) is 63.2 cm³/mol. The summed E-state index contributed by atoms with van der Waals surface area (Å²) in [6.07, 6.45) is 0. The number of benzene rings is 1. The molecule has 96 valence electrons. The van der Waals surface area contributed by atoms with Crippen molar-refractivity contribution in [1.82, 2.24) is 4.98 Å². The molecule has 0 spiro atoms. The van der Waals surface area contributed by atoms with Crippen LogP contribution in [0, 0.1) is 23.0 Å². The van der Waals surface area contributed by atoms with Crippen LogP contribution < -0.4 is 16.0 Å². The van der Waals surface area contributed by atoms with Gasteiger partial charge in [0, 0.05) is 6.07 Å². The fourth-order valence-electron chi connectivity index (χ4n) is 1.33. The second-order valence-electron chi connectivity index (χ2n) is 3.49. The molecule has 0 aliphatic carbocycles. The second kappa shape index (κ2) is 5.29. The Kier molecular flexibility index (Phi) is 3.54. The molecule has 0 amide bonds. The Hall–Kier alpha value is -2.72. The third kappa shape index (κ3) is 2.75. The summed E-state index contributed by atoms with van der Waals surface area (Å²) in [5.41, 5.74) is 2.43. The predicted octanol–water partition coefficient (Wildman–Crippen LogP) is 2.31. The third-order valence-electron chi connectivity index (χ3n) is 2.23. The van der Waals surface area contributed by atoms with Gasteiger partial charge in [0.25, 0.3) is 5.88 Å². The van der Waals surface area contributed by atoms with E-state index in [4.69, 9.17) is 15.8 Å². The summed E-state index contributed by atoms with van der Waals surface area (Å²) in [5, 5.41) is 8.63. The number of ether oxygens (including phenoxy) is 1. The molecule has 1 aromatic heterocycles. The Morgan fingerprint density at radius 3 is 2.47 bits per heavy atom. The van der Waals surface area contributed by atoms with Gasteiger partial charge in [0.15, 0.2) is 17.5 Å². The average molecular weight is 262 g/mol. The molecular formula is C12H8F2N4O. The average Bonchev–Trinajstić information content (AvgIpc) is 2.42. The summed E-state index contributed by atoms with van der Waals surface area (Å²) in [4.78, 5) is 3.55. The number of nitriles is 1. The molecule has 1 heterocycles. The first-order chi connectivity index (χ1) is 9.13. The van der Waals surface area contributed by atoms with Crippen LogP contribution in [-0.2, 0) is 0 Å². The van der Waals surface area contributed by atoms with Crippen molar-refractivity contribution in [3.8, 4) is 17.7 Å². The number of nitrogen functional groups attached to an aromatic ring is 1. The van der Waals surface area contributed by atoms with E-state index in [1.165, 1.54) is 24.3 Å². The normalized spacial score (nSPS) is 9.79. The van der Waals surface area contributed by atoms with Crippen LogP contribution in [0.1, 0.15) is 5.56 Å². The van der Waals surface area contributed by atoms with Gasteiger partial charge in [0.2, 0.25) is 0 Å². The summed E-state index contributed by atoms with van der Waals surface area (Å²) in [7, 11) is 0. The number of pyridine rings is 1. The smallest absolute Gasteiger partial charge is 0.258 e. The van der Waals surface area contributed by atoms with E-state index < -0.39 is 17.5 Å². The third-order valence-corrected chi connectivity index (χ3v) is 2.23. The van der Waals surface area contributed by atoms with E-state index in [-0.39, 0.29) is 11.6 Å². The first kappa shape index (κ1) is 12.7. The van der Waals surface area contributed by atoms with Gasteiger partial charge in [-0.05, 0) is 24.3 Å². The lowest BCUT2D eigenvalue weighted by Crippen LogP contribution is -2.11. The lowest BCUT2D eigenvalue weighted by Gasteiger charge is -2.08. The zero-order chi connectivity index (χ0) is 13.8. The van der Waals surface area contributed by atoms with E-state index in [1.807, 2.05) is 11.5 Å². The molecule has 2 aromatic rings. The molecule has 0 saturated carbocycles. The van der Waals surface area contributed by atoms with Crippen LogP contribution in [0.25, 0.3) is 0 Å². The molecule has 0 bridgehead atoms. The van der Waals surface area contributed by atoms with Gasteiger partial charge in [-0.2, -0.15) is 10.2 Å². The van der Waals surface area contributed by atoms with E-state index in [0.29, 0.717) is 11.6 Å². The summed E-state index contributed by atoms with van der Waals surface area (Å²) in [6, 6.07) is 8.49. The number of nitrogens with two attached hydrogens (primary N) is 1. The fourth-order valence-corrected chi connectivity index (χ4v) is 1.33. The number of halogens is 2. The van der Waals surface area contributed by atoms with Gasteiger partial charge in [0.1, 0.15) is 5.75 Å². The van der Waals surface area contributed by atoms with E-state index in [2.05, 4.69) is 4.98 Å². The fraction of sp³-hybridized carbons (Fsp3) is 0. The van der Waals surface area contributed by atoms with Gasteiger partial charge in [-0.15, -0.1) is 0 Å². The molecule has 5 nitrogen and oxygen atoms in total. The minimum absolute atomic E-state index is 0.264. The summed E-state index contributed by atoms with van der Waals surface area (Å²) >= 11 is 0. The minimum Gasteiger partial charge on any atom is -0.436 e. The number of rotatable bonds is 3. The Balaban J connectivity index is 2.29. The molecule has 0 fully saturated rings. The zero-order valence-electron chi connectivity index (χ0n) is 9.52. The molecule has 0 aliphatic heterocycles. The molecule has 3 N–H and O–H groups in total. The first-order valence-corrected chi connectivity index (χ1v) is 5.14. The second-order valence-corrected chi connectivity index (χ2v) is 3.49. The Labute approximate surface area is 107 Å². The van der Waals surface area contributed by atoms with Crippen LogP contribution in [0.15, 0.2) is 30.3 Å². The highest BCUT2D eigenvalue weighted by Gasteiger charge is 2.13. The topological polar surface area (TPSA) is 84.0 Å². The monoisotopic (exact) mass is 262 g/mol. The van der Waals surface area contributed by atoms with Crippen molar-refractivity contribution in [3.63, 3.8) is 0 Å². The van der Waals surface area contributed by atoms with Gasteiger partial charge in [-0.1, -0.05) is 0 Å². The Bertz CT molecular complexity index is 637. The van der Waals surface area contributed by atoms with Crippen LogP contribution in [0.3, 0.4) is 0 Å². The van der Waals surface area contributed by atoms with E-state index in [0.717, 1.165) is 0 Å². The van der Waals surface area contributed by atoms with Gasteiger partial charge < -0.3 is 10.2 Å². The lowest BCUT2D eigenvalue weighted by atomic mass is 10.2. The summed E-state index contributed by atoms with van der Waals surface area (Å²) in [6.45, 7) is 0. The van der Waals surface area contributed by atoms with Gasteiger partial charge in [-0.3, -0.25) is 0 Å². The number of nitrogens with zero attached hydrogens (tertiary/aromatic N) is 2. The first-order valence-electron chi connectivity index (χ1n) is 5.14. The van der Waals surface area contributed by atoms with Crippen molar-refractivity contribution in [2.75, 3.05) is 5.43 Å². The van der Waals surface area contributed by atoms with Crippen LogP contribution in [0.4, 0.5) is 14.6 Å². The number of aromatic nitrogens is 1. The largest absolute Gasteiger partial charge is 0.436 e. The van der Waals surface area contributed by atoms with Crippen LogP contribution in [-0.4, -0.2) is 4.98 Å². The van der Waals surface area contributed by atoms with Crippen molar-refractivity contribution in [3.05, 3.63) is 47.5 Å². The Morgan fingerprint density at radius 1 is 1.21 bits per heavy atom. The van der Waals surface area contributed by atoms with Gasteiger partial charge in [-0.25, -0.2) is 14.6 Å². The highest BCUT2D eigenvalue weighted by atomic mass is 19.1. The number of anilines is 1. The van der Waals surface area contributed by atoms with Crippen molar-refractivity contribution < 1.29 is 13.5 Å². The molecule has 0 unspecified atom stereocenters. The molecule has 1 aromatic carbocycles. The van der Waals surface area contributed by atoms with E-state index >= 15 is 0 Å². The number of nitrogens with one attached hydrogen (secondary N) is 1. The zero-order valence-corrected chi connectivity index (χ0v) is 9.52. The molecule has 7 heteroatoms. The number of hydrogen-bond donors (Lipinski definition) is 2. The molecule has 0 atom stereocenters. The molecule has 2 rings (SSSR count). The van der Waals surface area contributed by atoms with Crippen LogP contribution >= 0.6 is 0 Å². The summed E-state index contributed by atoms with van der Waals surface area (Å²) in [5.74, 6) is 2.67. The van der Waals surface area contributed by atoms with Crippen LogP contribution in [0.5, 0.6) is 11.6 Å². The van der Waals surface area contributed by atoms with Gasteiger partial charge in [0.05, 0.1) is 11.6 Å². The van der Waals surface area contributed by atoms with Crippen LogP contribution in [0.2, 0.25) is 0 Å². The molecule has 0 radical (unpaired) electrons. The highest BCUT2D eigenvalue weighted by Crippen LogP contribution is 2.25. The van der Waals surface area contributed by atoms with Gasteiger partial charge >= 0.3 is 0 Å². The van der Waals surface area contributed by atoms with E-state index in [9.17, 15) is 8.78 Å². The molecule has 19 heavy (non-hydrogen) atoms. The minimum atomic E-state index is -0.958. The molecular weight excluding hydrogens is 254 g/mol. The van der Waals surface area contributed by atoms with Crippen molar-refractivity contribution in [2.24, 2.45) is 5.84 Å². The van der Waals surface area contributed by atoms with Crippen molar-refractivity contribution >= 4 is 5.82 Å². The maximum absolute atomic E-state index is 13.4. The SMILES string of the molecule is N#Cc1ccc(Oc2nc(NN)c(F)cc2F)cc1. The quantitative estimate of drug-likeness (QED) is 0.655. The van der Waals surface area contributed by atoms with Crippen molar-refractivity contribution in [1.29, 1.82) is 5.26 Å². The lowest BCUT2D eigenvalue weighted by molar-refractivity contribution is 0.418. The maximum Gasteiger partial charge on any atom is 0.258 e. The molecule has 0 aliphatic rings. The number of hydrazine groups is 1. The standard InChI is InChI=1S/C12H8F2N4O/c13-9-5-10(14)12(17-11(9)18-16)19-8-3-1-7(6-15)2-4-8/h1-5H,16H2,(H,17,18). The Morgan fingerprint density at radius 2 is 1.89 bits per heavy atom. The summed E-state index contributed by atoms with van der Waals surface area (Å²) < 4.78 is 31.7. The maximum atomic E-state index is 13.4. The number of hydrogen-bond acceptors (Lipinski definition) is 5. The van der Waals surface area contributed by atoms with E-state index in [1.54, 1.807) is 0 Å². The van der Waals surface area contributed by atoms with Crippen molar-refractivity contribution in [2.45, 2.75) is 0 Å². The highest BCUT2D eigenvalue weighted by molar-refractivity contribution is 5.41.